The molecule has 1 aliphatic rings. The molecule has 1 atom stereocenters. The highest BCUT2D eigenvalue weighted by atomic mass is 35.5. The van der Waals surface area contributed by atoms with Crippen molar-refractivity contribution in [1.29, 1.82) is 0 Å². The number of nitrogens with one attached hydrogen (secondary N) is 2. The molecule has 0 aliphatic carbocycles. The molecule has 100 valence electrons. The molecule has 2 rings (SSSR count). The highest BCUT2D eigenvalue weighted by Gasteiger charge is 2.22. The fourth-order valence-corrected chi connectivity index (χ4v) is 2.50. The van der Waals surface area contributed by atoms with Crippen molar-refractivity contribution in [3.8, 4) is 0 Å². The predicted octanol–water partition coefficient (Wildman–Crippen LogP) is 2.72. The number of carbonyl (C=O) groups excluding carboxylic acids is 1. The fourth-order valence-electron chi connectivity index (χ4n) is 2.50. The Hall–Kier alpha value is -1.06. The molecule has 1 amide bonds. The number of aryl methyl sites for hydroxylation is 3. The van der Waals surface area contributed by atoms with E-state index in [2.05, 4.69) is 29.7 Å². The molecule has 1 aliphatic heterocycles. The first-order valence-corrected chi connectivity index (χ1v) is 6.20. The molecule has 1 unspecified atom stereocenters. The van der Waals surface area contributed by atoms with Gasteiger partial charge in [-0.15, -0.1) is 12.4 Å². The molecule has 1 heterocycles. The maximum atomic E-state index is 12.0. The maximum Gasteiger partial charge on any atom is 0.241 e. The first-order chi connectivity index (χ1) is 8.08. The minimum Gasteiger partial charge on any atom is -0.324 e. The van der Waals surface area contributed by atoms with Gasteiger partial charge in [0.1, 0.15) is 0 Å². The lowest BCUT2D eigenvalue weighted by atomic mass is 10.0. The third-order valence-electron chi connectivity index (χ3n) is 3.30. The summed E-state index contributed by atoms with van der Waals surface area (Å²) in [4.78, 5) is 12.0. The summed E-state index contributed by atoms with van der Waals surface area (Å²) in [5.41, 5.74) is 4.47. The van der Waals surface area contributed by atoms with Crippen LogP contribution in [-0.2, 0) is 4.79 Å². The van der Waals surface area contributed by atoms with E-state index in [9.17, 15) is 4.79 Å². The largest absolute Gasteiger partial charge is 0.324 e. The van der Waals surface area contributed by atoms with Crippen molar-refractivity contribution in [3.63, 3.8) is 0 Å². The van der Waals surface area contributed by atoms with Gasteiger partial charge in [-0.25, -0.2) is 0 Å². The normalized spacial score (nSPS) is 18.3. The van der Waals surface area contributed by atoms with Crippen molar-refractivity contribution >= 4 is 24.0 Å². The molecular formula is C14H21ClN2O. The first kappa shape index (κ1) is 15.0. The Kier molecular flexibility index (Phi) is 5.17. The van der Waals surface area contributed by atoms with E-state index in [4.69, 9.17) is 0 Å². The third kappa shape index (κ3) is 3.24. The summed E-state index contributed by atoms with van der Waals surface area (Å²) in [5, 5.41) is 6.26. The van der Waals surface area contributed by atoms with E-state index >= 15 is 0 Å². The third-order valence-corrected chi connectivity index (χ3v) is 3.30. The van der Waals surface area contributed by atoms with Crippen LogP contribution in [0.3, 0.4) is 0 Å². The van der Waals surface area contributed by atoms with Crippen LogP contribution in [0, 0.1) is 20.8 Å². The molecule has 1 fully saturated rings. The zero-order valence-electron chi connectivity index (χ0n) is 11.2. The minimum absolute atomic E-state index is 0. The van der Waals surface area contributed by atoms with Gasteiger partial charge < -0.3 is 10.6 Å². The maximum absolute atomic E-state index is 12.0. The molecule has 3 nitrogen and oxygen atoms in total. The van der Waals surface area contributed by atoms with Crippen molar-refractivity contribution in [2.24, 2.45) is 0 Å². The number of amides is 1. The Morgan fingerprint density at radius 3 is 2.39 bits per heavy atom. The molecule has 18 heavy (non-hydrogen) atoms. The van der Waals surface area contributed by atoms with Crippen LogP contribution in [0.15, 0.2) is 12.1 Å². The molecule has 1 aromatic carbocycles. The number of carbonyl (C=O) groups is 1. The van der Waals surface area contributed by atoms with E-state index in [0.29, 0.717) is 0 Å². The van der Waals surface area contributed by atoms with E-state index < -0.39 is 0 Å². The lowest BCUT2D eigenvalue weighted by molar-refractivity contribution is -0.117. The van der Waals surface area contributed by atoms with Crippen LogP contribution in [0.4, 0.5) is 5.69 Å². The van der Waals surface area contributed by atoms with Gasteiger partial charge in [0.25, 0.3) is 0 Å². The van der Waals surface area contributed by atoms with Crippen LogP contribution in [0.1, 0.15) is 29.5 Å². The van der Waals surface area contributed by atoms with Crippen LogP contribution >= 0.6 is 12.4 Å². The summed E-state index contributed by atoms with van der Waals surface area (Å²) in [6.45, 7) is 7.10. The molecule has 0 bridgehead atoms. The van der Waals surface area contributed by atoms with E-state index in [0.717, 1.165) is 36.2 Å². The summed E-state index contributed by atoms with van der Waals surface area (Å²) in [6.07, 6.45) is 2.03. The van der Waals surface area contributed by atoms with Crippen molar-refractivity contribution in [2.75, 3.05) is 11.9 Å². The summed E-state index contributed by atoms with van der Waals surface area (Å²) < 4.78 is 0. The number of halogens is 1. The van der Waals surface area contributed by atoms with Crippen LogP contribution < -0.4 is 10.6 Å². The Balaban J connectivity index is 0.00000162. The van der Waals surface area contributed by atoms with Crippen molar-refractivity contribution in [2.45, 2.75) is 39.7 Å². The van der Waals surface area contributed by atoms with Gasteiger partial charge in [0.15, 0.2) is 0 Å². The molecular weight excluding hydrogens is 248 g/mol. The summed E-state index contributed by atoms with van der Waals surface area (Å²) in [7, 11) is 0. The van der Waals surface area contributed by atoms with Gasteiger partial charge in [0.2, 0.25) is 5.91 Å². The fraction of sp³-hybridized carbons (Fsp3) is 0.500. The Bertz CT molecular complexity index is 416. The molecule has 2 N–H and O–H groups in total. The quantitative estimate of drug-likeness (QED) is 0.866. The average molecular weight is 269 g/mol. The molecule has 0 aromatic heterocycles. The van der Waals surface area contributed by atoms with Crippen molar-refractivity contribution in [3.05, 3.63) is 28.8 Å². The topological polar surface area (TPSA) is 41.1 Å². The predicted molar refractivity (Wildman–Crippen MR) is 77.6 cm³/mol. The lowest BCUT2D eigenvalue weighted by Crippen LogP contribution is -2.35. The van der Waals surface area contributed by atoms with Crippen LogP contribution in [0.2, 0.25) is 0 Å². The van der Waals surface area contributed by atoms with Gasteiger partial charge in [-0.3, -0.25) is 4.79 Å². The van der Waals surface area contributed by atoms with E-state index in [-0.39, 0.29) is 24.4 Å². The zero-order chi connectivity index (χ0) is 12.4. The summed E-state index contributed by atoms with van der Waals surface area (Å²) in [6, 6.07) is 4.19. The smallest absolute Gasteiger partial charge is 0.241 e. The van der Waals surface area contributed by atoms with Gasteiger partial charge in [0.05, 0.1) is 6.04 Å². The van der Waals surface area contributed by atoms with Gasteiger partial charge in [-0.1, -0.05) is 17.7 Å². The molecule has 0 spiro atoms. The Morgan fingerprint density at radius 1 is 1.28 bits per heavy atom. The number of anilines is 1. The van der Waals surface area contributed by atoms with Crippen LogP contribution in [0.5, 0.6) is 0 Å². The summed E-state index contributed by atoms with van der Waals surface area (Å²) in [5.74, 6) is 0.0950. The standard InChI is InChI=1S/C14H20N2O.ClH/c1-9-7-10(2)13(11(3)8-9)16-14(17)12-5-4-6-15-12;/h7-8,12,15H,4-6H2,1-3H3,(H,16,17);1H. The molecule has 1 saturated heterocycles. The van der Waals surface area contributed by atoms with E-state index in [1.54, 1.807) is 0 Å². The first-order valence-electron chi connectivity index (χ1n) is 6.20. The van der Waals surface area contributed by atoms with Gasteiger partial charge in [0, 0.05) is 5.69 Å². The molecule has 0 radical (unpaired) electrons. The number of hydrogen-bond donors (Lipinski definition) is 2. The Labute approximate surface area is 115 Å². The highest BCUT2D eigenvalue weighted by Crippen LogP contribution is 2.22. The molecule has 1 aromatic rings. The second-order valence-corrected chi connectivity index (χ2v) is 4.91. The van der Waals surface area contributed by atoms with Gasteiger partial charge in [-0.05, 0) is 51.3 Å². The van der Waals surface area contributed by atoms with E-state index in [1.807, 2.05) is 13.8 Å². The molecule has 0 saturated carbocycles. The van der Waals surface area contributed by atoms with Gasteiger partial charge >= 0.3 is 0 Å². The van der Waals surface area contributed by atoms with Crippen LogP contribution in [-0.4, -0.2) is 18.5 Å². The number of benzene rings is 1. The second-order valence-electron chi connectivity index (χ2n) is 4.91. The Morgan fingerprint density at radius 2 is 1.89 bits per heavy atom. The second kappa shape index (κ2) is 6.21. The monoisotopic (exact) mass is 268 g/mol. The number of hydrogen-bond acceptors (Lipinski definition) is 2. The summed E-state index contributed by atoms with van der Waals surface area (Å²) >= 11 is 0. The minimum atomic E-state index is -0.0184. The van der Waals surface area contributed by atoms with Crippen LogP contribution in [0.25, 0.3) is 0 Å². The zero-order valence-corrected chi connectivity index (χ0v) is 12.0. The SMILES string of the molecule is Cc1cc(C)c(NC(=O)C2CCCN2)c(C)c1.Cl. The van der Waals surface area contributed by atoms with Crippen molar-refractivity contribution in [1.82, 2.24) is 5.32 Å². The lowest BCUT2D eigenvalue weighted by Gasteiger charge is -2.15. The van der Waals surface area contributed by atoms with Gasteiger partial charge in [-0.2, -0.15) is 0 Å². The average Bonchev–Trinajstić information content (AvgIpc) is 2.76. The molecule has 4 heteroatoms. The van der Waals surface area contributed by atoms with Crippen molar-refractivity contribution < 1.29 is 4.79 Å². The van der Waals surface area contributed by atoms with E-state index in [1.165, 1.54) is 5.56 Å². The number of rotatable bonds is 2. The highest BCUT2D eigenvalue weighted by molar-refractivity contribution is 5.96.